The van der Waals surface area contributed by atoms with Gasteiger partial charge in [-0.2, -0.15) is 0 Å². The second-order valence-electron chi connectivity index (χ2n) is 4.59. The highest BCUT2D eigenvalue weighted by molar-refractivity contribution is 7.16. The summed E-state index contributed by atoms with van der Waals surface area (Å²) in [6, 6.07) is 1.99. The zero-order chi connectivity index (χ0) is 12.6. The molecule has 6 heteroatoms. The number of fused-ring (bicyclic) bond motifs is 1. The van der Waals surface area contributed by atoms with Gasteiger partial charge in [-0.3, -0.25) is 0 Å². The SMILES string of the molecule is COCC1(F)CCN(c2ncnc3sccc23)C1. The molecule has 2 aromatic heterocycles. The van der Waals surface area contributed by atoms with E-state index in [1.807, 2.05) is 16.3 Å². The van der Waals surface area contributed by atoms with Gasteiger partial charge in [-0.15, -0.1) is 11.3 Å². The maximum Gasteiger partial charge on any atom is 0.153 e. The second kappa shape index (κ2) is 4.44. The number of thiophene rings is 1. The van der Waals surface area contributed by atoms with E-state index in [0.29, 0.717) is 19.5 Å². The lowest BCUT2D eigenvalue weighted by Gasteiger charge is -2.21. The Hall–Kier alpha value is -1.27. The molecule has 3 rings (SSSR count). The Morgan fingerprint density at radius 1 is 1.56 bits per heavy atom. The monoisotopic (exact) mass is 267 g/mol. The molecule has 4 nitrogen and oxygen atoms in total. The Kier molecular flexibility index (Phi) is 2.91. The first-order valence-corrected chi connectivity index (χ1v) is 6.71. The van der Waals surface area contributed by atoms with Crippen molar-refractivity contribution in [1.82, 2.24) is 9.97 Å². The van der Waals surface area contributed by atoms with Gasteiger partial charge in [0, 0.05) is 20.1 Å². The Morgan fingerprint density at radius 2 is 2.44 bits per heavy atom. The van der Waals surface area contributed by atoms with Gasteiger partial charge in [0.05, 0.1) is 18.5 Å². The average molecular weight is 267 g/mol. The summed E-state index contributed by atoms with van der Waals surface area (Å²) in [6.07, 6.45) is 2.03. The Morgan fingerprint density at radius 3 is 3.28 bits per heavy atom. The molecule has 0 amide bonds. The van der Waals surface area contributed by atoms with Crippen LogP contribution >= 0.6 is 11.3 Å². The van der Waals surface area contributed by atoms with Crippen molar-refractivity contribution in [2.24, 2.45) is 0 Å². The van der Waals surface area contributed by atoms with Crippen LogP contribution < -0.4 is 4.90 Å². The number of hydrogen-bond acceptors (Lipinski definition) is 5. The van der Waals surface area contributed by atoms with Crippen LogP contribution in [0.15, 0.2) is 17.8 Å². The van der Waals surface area contributed by atoms with E-state index in [0.717, 1.165) is 16.0 Å². The molecule has 0 radical (unpaired) electrons. The summed E-state index contributed by atoms with van der Waals surface area (Å²) in [7, 11) is 1.53. The van der Waals surface area contributed by atoms with Crippen molar-refractivity contribution >= 4 is 27.4 Å². The first kappa shape index (κ1) is 11.8. The van der Waals surface area contributed by atoms with Crippen molar-refractivity contribution in [3.63, 3.8) is 0 Å². The van der Waals surface area contributed by atoms with Gasteiger partial charge in [-0.05, 0) is 11.4 Å². The van der Waals surface area contributed by atoms with Crippen molar-refractivity contribution in [2.45, 2.75) is 12.1 Å². The molecule has 3 heterocycles. The molecule has 1 saturated heterocycles. The molecular formula is C12H14FN3OS. The topological polar surface area (TPSA) is 38.2 Å². The largest absolute Gasteiger partial charge is 0.381 e. The molecule has 1 atom stereocenters. The molecule has 1 aliphatic heterocycles. The number of halogens is 1. The number of methoxy groups -OCH3 is 1. The zero-order valence-electron chi connectivity index (χ0n) is 10.1. The van der Waals surface area contributed by atoms with Crippen molar-refractivity contribution in [1.29, 1.82) is 0 Å². The number of rotatable bonds is 3. The van der Waals surface area contributed by atoms with Crippen LogP contribution in [-0.4, -0.2) is 42.4 Å². The Bertz CT molecular complexity index is 561. The third kappa shape index (κ3) is 1.95. The van der Waals surface area contributed by atoms with Crippen LogP contribution in [0.4, 0.5) is 10.2 Å². The lowest BCUT2D eigenvalue weighted by Crippen LogP contribution is -2.33. The number of aromatic nitrogens is 2. The summed E-state index contributed by atoms with van der Waals surface area (Å²) < 4.78 is 19.3. The van der Waals surface area contributed by atoms with Crippen LogP contribution in [-0.2, 0) is 4.74 Å². The van der Waals surface area contributed by atoms with E-state index in [-0.39, 0.29) is 6.61 Å². The molecular weight excluding hydrogens is 253 g/mol. The minimum absolute atomic E-state index is 0.140. The van der Waals surface area contributed by atoms with Crippen LogP contribution in [0.2, 0.25) is 0 Å². The fraction of sp³-hybridized carbons (Fsp3) is 0.500. The normalized spacial score (nSPS) is 24.0. The molecule has 96 valence electrons. The third-order valence-corrected chi connectivity index (χ3v) is 4.07. The molecule has 2 aromatic rings. The van der Waals surface area contributed by atoms with Crippen molar-refractivity contribution in [2.75, 3.05) is 31.7 Å². The van der Waals surface area contributed by atoms with Gasteiger partial charge < -0.3 is 9.64 Å². The molecule has 0 N–H and O–H groups in total. The van der Waals surface area contributed by atoms with Crippen LogP contribution in [0, 0.1) is 0 Å². The highest BCUT2D eigenvalue weighted by Crippen LogP contribution is 2.33. The van der Waals surface area contributed by atoms with Crippen molar-refractivity contribution in [3.05, 3.63) is 17.8 Å². The minimum atomic E-state index is -1.26. The van der Waals surface area contributed by atoms with E-state index in [4.69, 9.17) is 4.74 Å². The van der Waals surface area contributed by atoms with Crippen LogP contribution in [0.3, 0.4) is 0 Å². The van der Waals surface area contributed by atoms with E-state index < -0.39 is 5.67 Å². The first-order valence-electron chi connectivity index (χ1n) is 5.83. The molecule has 1 unspecified atom stereocenters. The fourth-order valence-electron chi connectivity index (χ4n) is 2.42. The predicted octanol–water partition coefficient (Wildman–Crippen LogP) is 2.26. The lowest BCUT2D eigenvalue weighted by atomic mass is 10.1. The van der Waals surface area contributed by atoms with Crippen molar-refractivity contribution in [3.8, 4) is 0 Å². The number of anilines is 1. The van der Waals surface area contributed by atoms with E-state index in [9.17, 15) is 4.39 Å². The summed E-state index contributed by atoms with van der Waals surface area (Å²) in [4.78, 5) is 11.4. The average Bonchev–Trinajstić information content (AvgIpc) is 2.95. The summed E-state index contributed by atoms with van der Waals surface area (Å²) >= 11 is 1.57. The van der Waals surface area contributed by atoms with E-state index in [1.54, 1.807) is 17.7 Å². The third-order valence-electron chi connectivity index (χ3n) is 3.25. The number of ether oxygens (including phenoxy) is 1. The molecule has 0 saturated carbocycles. The second-order valence-corrected chi connectivity index (χ2v) is 5.49. The van der Waals surface area contributed by atoms with Crippen LogP contribution in [0.5, 0.6) is 0 Å². The number of nitrogens with zero attached hydrogens (tertiary/aromatic N) is 3. The molecule has 1 fully saturated rings. The molecule has 0 aliphatic carbocycles. The molecule has 0 bridgehead atoms. The van der Waals surface area contributed by atoms with Gasteiger partial charge in [0.1, 0.15) is 17.0 Å². The number of alkyl halides is 1. The summed E-state index contributed by atoms with van der Waals surface area (Å²) in [6.45, 7) is 1.14. The standard InChI is InChI=1S/C12H14FN3OS/c1-17-7-12(13)3-4-16(6-12)10-9-2-5-18-11(9)15-8-14-10/h2,5,8H,3-4,6-7H2,1H3. The molecule has 18 heavy (non-hydrogen) atoms. The fourth-order valence-corrected chi connectivity index (χ4v) is 3.15. The van der Waals surface area contributed by atoms with E-state index in [1.165, 1.54) is 7.11 Å². The van der Waals surface area contributed by atoms with Gasteiger partial charge in [-0.25, -0.2) is 14.4 Å². The lowest BCUT2D eigenvalue weighted by molar-refractivity contribution is 0.0571. The summed E-state index contributed by atoms with van der Waals surface area (Å²) in [5.74, 6) is 0.830. The van der Waals surface area contributed by atoms with Gasteiger partial charge >= 0.3 is 0 Å². The molecule has 0 spiro atoms. The Labute approximate surface area is 108 Å². The zero-order valence-corrected chi connectivity index (χ0v) is 10.9. The maximum absolute atomic E-state index is 14.4. The quantitative estimate of drug-likeness (QED) is 0.855. The number of hydrogen-bond donors (Lipinski definition) is 0. The highest BCUT2D eigenvalue weighted by Gasteiger charge is 2.39. The van der Waals surface area contributed by atoms with Gasteiger partial charge in [0.2, 0.25) is 0 Å². The smallest absolute Gasteiger partial charge is 0.153 e. The van der Waals surface area contributed by atoms with E-state index in [2.05, 4.69) is 9.97 Å². The van der Waals surface area contributed by atoms with Gasteiger partial charge in [0.15, 0.2) is 5.67 Å². The van der Waals surface area contributed by atoms with Gasteiger partial charge in [-0.1, -0.05) is 0 Å². The minimum Gasteiger partial charge on any atom is -0.381 e. The van der Waals surface area contributed by atoms with Crippen LogP contribution in [0.1, 0.15) is 6.42 Å². The van der Waals surface area contributed by atoms with Crippen LogP contribution in [0.25, 0.3) is 10.2 Å². The molecule has 1 aliphatic rings. The summed E-state index contributed by atoms with van der Waals surface area (Å²) in [5, 5.41) is 2.99. The van der Waals surface area contributed by atoms with Crippen molar-refractivity contribution < 1.29 is 9.13 Å². The predicted molar refractivity (Wildman–Crippen MR) is 70.0 cm³/mol. The Balaban J connectivity index is 1.90. The molecule has 0 aromatic carbocycles. The van der Waals surface area contributed by atoms with Gasteiger partial charge in [0.25, 0.3) is 0 Å². The summed E-state index contributed by atoms with van der Waals surface area (Å²) in [5.41, 5.74) is -1.26. The van der Waals surface area contributed by atoms with E-state index >= 15 is 0 Å². The highest BCUT2D eigenvalue weighted by atomic mass is 32.1. The first-order chi connectivity index (χ1) is 8.72. The maximum atomic E-state index is 14.4.